The van der Waals surface area contributed by atoms with Gasteiger partial charge in [-0.05, 0) is 13.8 Å². The Balaban J connectivity index is 2.12. The van der Waals surface area contributed by atoms with E-state index in [-0.39, 0.29) is 12.5 Å². The molecule has 104 valence electrons. The van der Waals surface area contributed by atoms with Crippen molar-refractivity contribution in [1.29, 1.82) is 0 Å². The number of aliphatic hydroxyl groups excluding tert-OH is 2. The van der Waals surface area contributed by atoms with Gasteiger partial charge in [0.1, 0.15) is 24.4 Å². The maximum absolute atomic E-state index is 11.0. The van der Waals surface area contributed by atoms with Crippen LogP contribution >= 0.6 is 0 Å². The molecule has 2 saturated heterocycles. The summed E-state index contributed by atoms with van der Waals surface area (Å²) in [5.74, 6) is -1.18. The molecule has 2 fully saturated rings. The van der Waals surface area contributed by atoms with Gasteiger partial charge in [-0.1, -0.05) is 0 Å². The van der Waals surface area contributed by atoms with Gasteiger partial charge in [-0.3, -0.25) is 4.79 Å². The quantitative estimate of drug-likeness (QED) is 0.544. The van der Waals surface area contributed by atoms with Gasteiger partial charge < -0.3 is 29.7 Å². The third-order valence-electron chi connectivity index (χ3n) is 3.08. The molecule has 2 aliphatic heterocycles. The van der Waals surface area contributed by atoms with Crippen molar-refractivity contribution in [1.82, 2.24) is 5.32 Å². The van der Waals surface area contributed by atoms with Crippen molar-refractivity contribution >= 4 is 5.91 Å². The van der Waals surface area contributed by atoms with Crippen LogP contribution in [0.3, 0.4) is 0 Å². The molecular formula is C11H19NO6. The Labute approximate surface area is 105 Å². The SMILES string of the molecule is CC(=O)N[C@@H]1[C@@H](O)[C@@H]2OC(C)(C)OC[C@H]2O[C@H]1O. The van der Waals surface area contributed by atoms with Gasteiger partial charge in [-0.2, -0.15) is 0 Å². The smallest absolute Gasteiger partial charge is 0.217 e. The highest BCUT2D eigenvalue weighted by molar-refractivity contribution is 5.73. The van der Waals surface area contributed by atoms with Crippen molar-refractivity contribution in [2.75, 3.05) is 6.61 Å². The van der Waals surface area contributed by atoms with Crippen LogP contribution in [-0.4, -0.2) is 59.2 Å². The Morgan fingerprint density at radius 2 is 2.06 bits per heavy atom. The summed E-state index contributed by atoms with van der Waals surface area (Å²) in [4.78, 5) is 11.0. The molecule has 0 aliphatic carbocycles. The zero-order valence-corrected chi connectivity index (χ0v) is 10.6. The van der Waals surface area contributed by atoms with E-state index in [0.717, 1.165) is 0 Å². The van der Waals surface area contributed by atoms with Crippen LogP contribution in [-0.2, 0) is 19.0 Å². The number of aliphatic hydroxyl groups is 2. The predicted molar refractivity (Wildman–Crippen MR) is 59.4 cm³/mol. The first-order chi connectivity index (χ1) is 8.30. The van der Waals surface area contributed by atoms with Gasteiger partial charge in [-0.15, -0.1) is 0 Å². The van der Waals surface area contributed by atoms with E-state index in [1.54, 1.807) is 13.8 Å². The lowest BCUT2D eigenvalue weighted by Crippen LogP contribution is -2.67. The number of hydrogen-bond acceptors (Lipinski definition) is 6. The lowest BCUT2D eigenvalue weighted by molar-refractivity contribution is -0.364. The summed E-state index contributed by atoms with van der Waals surface area (Å²) in [5.41, 5.74) is 0. The van der Waals surface area contributed by atoms with Gasteiger partial charge >= 0.3 is 0 Å². The molecule has 18 heavy (non-hydrogen) atoms. The van der Waals surface area contributed by atoms with Crippen LogP contribution in [0.1, 0.15) is 20.8 Å². The third kappa shape index (κ3) is 2.65. The first-order valence-electron chi connectivity index (χ1n) is 5.90. The minimum Gasteiger partial charge on any atom is -0.388 e. The number of fused-ring (bicyclic) bond motifs is 1. The number of hydrogen-bond donors (Lipinski definition) is 3. The fourth-order valence-corrected chi connectivity index (χ4v) is 2.25. The molecule has 2 aliphatic rings. The summed E-state index contributed by atoms with van der Waals surface area (Å²) in [7, 11) is 0. The summed E-state index contributed by atoms with van der Waals surface area (Å²) >= 11 is 0. The van der Waals surface area contributed by atoms with E-state index in [1.807, 2.05) is 0 Å². The molecule has 0 unspecified atom stereocenters. The number of amides is 1. The van der Waals surface area contributed by atoms with Crippen molar-refractivity contribution in [3.05, 3.63) is 0 Å². The van der Waals surface area contributed by atoms with Gasteiger partial charge in [0.2, 0.25) is 5.91 Å². The summed E-state index contributed by atoms with van der Waals surface area (Å²) in [5, 5.41) is 22.4. The molecule has 0 radical (unpaired) electrons. The first-order valence-corrected chi connectivity index (χ1v) is 5.90. The number of nitrogens with one attached hydrogen (secondary N) is 1. The highest BCUT2D eigenvalue weighted by Gasteiger charge is 2.50. The Hall–Kier alpha value is -0.730. The molecule has 7 heteroatoms. The Kier molecular flexibility index (Phi) is 3.61. The zero-order chi connectivity index (χ0) is 13.5. The number of carbonyl (C=O) groups excluding carboxylic acids is 1. The second-order valence-electron chi connectivity index (χ2n) is 5.08. The summed E-state index contributed by atoms with van der Waals surface area (Å²) in [6.45, 7) is 4.99. The van der Waals surface area contributed by atoms with Gasteiger partial charge in [0, 0.05) is 6.92 Å². The largest absolute Gasteiger partial charge is 0.388 e. The van der Waals surface area contributed by atoms with E-state index in [2.05, 4.69) is 5.32 Å². The molecule has 1 amide bonds. The monoisotopic (exact) mass is 261 g/mol. The number of carbonyl (C=O) groups is 1. The summed E-state index contributed by atoms with van der Waals surface area (Å²) < 4.78 is 16.3. The Morgan fingerprint density at radius 3 is 2.67 bits per heavy atom. The molecule has 5 atom stereocenters. The number of rotatable bonds is 1. The molecule has 0 aromatic carbocycles. The van der Waals surface area contributed by atoms with Gasteiger partial charge in [-0.25, -0.2) is 0 Å². The van der Waals surface area contributed by atoms with Crippen LogP contribution < -0.4 is 5.32 Å². The van der Waals surface area contributed by atoms with Crippen molar-refractivity contribution in [2.45, 2.75) is 57.2 Å². The highest BCUT2D eigenvalue weighted by atomic mass is 16.7. The zero-order valence-electron chi connectivity index (χ0n) is 10.6. The number of ether oxygens (including phenoxy) is 3. The maximum atomic E-state index is 11.0. The molecule has 0 saturated carbocycles. The van der Waals surface area contributed by atoms with Crippen LogP contribution in [0.4, 0.5) is 0 Å². The normalized spacial score (nSPS) is 43.1. The van der Waals surface area contributed by atoms with E-state index >= 15 is 0 Å². The van der Waals surface area contributed by atoms with Gasteiger partial charge in [0.25, 0.3) is 0 Å². The van der Waals surface area contributed by atoms with Crippen LogP contribution in [0, 0.1) is 0 Å². The molecule has 3 N–H and O–H groups in total. The lowest BCUT2D eigenvalue weighted by atomic mass is 9.95. The fourth-order valence-electron chi connectivity index (χ4n) is 2.25. The molecule has 2 rings (SSSR count). The fraction of sp³-hybridized carbons (Fsp3) is 0.909. The van der Waals surface area contributed by atoms with E-state index in [1.165, 1.54) is 6.92 Å². The van der Waals surface area contributed by atoms with Gasteiger partial charge in [0.05, 0.1) is 6.61 Å². The second kappa shape index (κ2) is 4.75. The van der Waals surface area contributed by atoms with E-state index < -0.39 is 36.4 Å². The average Bonchev–Trinajstić information content (AvgIpc) is 2.25. The molecule has 0 aromatic rings. The van der Waals surface area contributed by atoms with Crippen LogP contribution in [0.25, 0.3) is 0 Å². The van der Waals surface area contributed by atoms with Crippen LogP contribution in [0.2, 0.25) is 0 Å². The molecule has 0 bridgehead atoms. The third-order valence-corrected chi connectivity index (χ3v) is 3.08. The first kappa shape index (κ1) is 13.7. The summed E-state index contributed by atoms with van der Waals surface area (Å²) in [6.07, 6.45) is -3.52. The van der Waals surface area contributed by atoms with Crippen LogP contribution in [0.5, 0.6) is 0 Å². The van der Waals surface area contributed by atoms with Crippen molar-refractivity contribution in [2.24, 2.45) is 0 Å². The standard InChI is InChI=1S/C11H19NO6/c1-5(13)12-7-8(14)9-6(17-10(7)15)4-16-11(2,3)18-9/h6-10,14-15H,4H2,1-3H3,(H,12,13)/t6-,7-,8-,9-,10-/m1/s1. The predicted octanol–water partition coefficient (Wildman–Crippen LogP) is -1.28. The molecule has 0 spiro atoms. The topological polar surface area (TPSA) is 97.3 Å². The average molecular weight is 261 g/mol. The second-order valence-corrected chi connectivity index (χ2v) is 5.08. The molecule has 7 nitrogen and oxygen atoms in total. The molecule has 2 heterocycles. The highest BCUT2D eigenvalue weighted by Crippen LogP contribution is 2.31. The lowest BCUT2D eigenvalue weighted by Gasteiger charge is -2.48. The molecular weight excluding hydrogens is 242 g/mol. The van der Waals surface area contributed by atoms with E-state index in [9.17, 15) is 15.0 Å². The minimum absolute atomic E-state index is 0.221. The van der Waals surface area contributed by atoms with Crippen molar-refractivity contribution < 1.29 is 29.2 Å². The summed E-state index contributed by atoms with van der Waals surface area (Å²) in [6, 6.07) is -0.905. The Bertz CT molecular complexity index is 333. The maximum Gasteiger partial charge on any atom is 0.217 e. The Morgan fingerprint density at radius 1 is 1.39 bits per heavy atom. The van der Waals surface area contributed by atoms with Crippen LogP contribution in [0.15, 0.2) is 0 Å². The van der Waals surface area contributed by atoms with Gasteiger partial charge in [0.15, 0.2) is 12.1 Å². The van der Waals surface area contributed by atoms with Crippen molar-refractivity contribution in [3.8, 4) is 0 Å². The van der Waals surface area contributed by atoms with E-state index in [4.69, 9.17) is 14.2 Å². The minimum atomic E-state index is -1.28. The van der Waals surface area contributed by atoms with E-state index in [0.29, 0.717) is 0 Å². The molecule has 0 aromatic heterocycles. The van der Waals surface area contributed by atoms with Crippen molar-refractivity contribution in [3.63, 3.8) is 0 Å².